The van der Waals surface area contributed by atoms with Gasteiger partial charge in [-0.25, -0.2) is 4.79 Å². The zero-order valence-electron chi connectivity index (χ0n) is 14.4. The number of ether oxygens (including phenoxy) is 1. The number of amides is 2. The number of halogens is 1. The average molecular weight is 375 g/mol. The molecule has 136 valence electrons. The summed E-state index contributed by atoms with van der Waals surface area (Å²) in [5, 5.41) is 5.48. The number of anilines is 1. The molecule has 0 spiro atoms. The summed E-state index contributed by atoms with van der Waals surface area (Å²) in [6.07, 6.45) is 0. The first-order chi connectivity index (χ1) is 12.4. The number of aryl methyl sites for hydroxylation is 1. The Labute approximate surface area is 156 Å². The van der Waals surface area contributed by atoms with Crippen LogP contribution in [0.5, 0.6) is 0 Å². The summed E-state index contributed by atoms with van der Waals surface area (Å²) in [7, 11) is 0. The molecule has 6 nitrogen and oxygen atoms in total. The van der Waals surface area contributed by atoms with Gasteiger partial charge in [-0.05, 0) is 43.7 Å². The zero-order chi connectivity index (χ0) is 19.1. The molecule has 7 heteroatoms. The fourth-order valence-electron chi connectivity index (χ4n) is 2.10. The monoisotopic (exact) mass is 374 g/mol. The molecule has 0 heterocycles. The van der Waals surface area contributed by atoms with E-state index in [0.29, 0.717) is 16.3 Å². The minimum absolute atomic E-state index is 0.396. The van der Waals surface area contributed by atoms with E-state index in [1.54, 1.807) is 48.5 Å². The Balaban J connectivity index is 1.81. The molecule has 0 saturated heterocycles. The van der Waals surface area contributed by atoms with Crippen LogP contribution in [-0.2, 0) is 14.3 Å². The average Bonchev–Trinajstić information content (AvgIpc) is 2.62. The van der Waals surface area contributed by atoms with E-state index in [-0.39, 0.29) is 0 Å². The molecule has 2 rings (SSSR count). The molecular weight excluding hydrogens is 356 g/mol. The lowest BCUT2D eigenvalue weighted by Crippen LogP contribution is -2.40. The first-order valence-corrected chi connectivity index (χ1v) is 8.33. The standard InChI is InChI=1S/C19H19ClN2O4/c1-12-8-9-16(15(20)10-12)22-17(23)11-26-19(25)13(2)21-18(24)14-6-4-3-5-7-14/h3-10,13H,11H2,1-2H3,(H,21,24)(H,22,23)/t13-/m0/s1. The molecule has 2 N–H and O–H groups in total. The van der Waals surface area contributed by atoms with Crippen LogP contribution in [0.1, 0.15) is 22.8 Å². The smallest absolute Gasteiger partial charge is 0.328 e. The molecule has 0 bridgehead atoms. The van der Waals surface area contributed by atoms with Crippen molar-refractivity contribution < 1.29 is 19.1 Å². The molecule has 0 aliphatic rings. The lowest BCUT2D eigenvalue weighted by atomic mass is 10.2. The number of rotatable bonds is 6. The van der Waals surface area contributed by atoms with Gasteiger partial charge >= 0.3 is 5.97 Å². The fraction of sp³-hybridized carbons (Fsp3) is 0.211. The van der Waals surface area contributed by atoms with E-state index in [1.165, 1.54) is 6.92 Å². The molecule has 0 aliphatic heterocycles. The zero-order valence-corrected chi connectivity index (χ0v) is 15.2. The topological polar surface area (TPSA) is 84.5 Å². The van der Waals surface area contributed by atoms with Gasteiger partial charge in [0, 0.05) is 5.56 Å². The maximum absolute atomic E-state index is 12.0. The Hall–Kier alpha value is -2.86. The van der Waals surface area contributed by atoms with Crippen molar-refractivity contribution >= 4 is 35.1 Å². The van der Waals surface area contributed by atoms with Crippen molar-refractivity contribution in [1.82, 2.24) is 5.32 Å². The highest BCUT2D eigenvalue weighted by molar-refractivity contribution is 6.33. The largest absolute Gasteiger partial charge is 0.454 e. The van der Waals surface area contributed by atoms with Crippen molar-refractivity contribution in [3.05, 3.63) is 64.7 Å². The Kier molecular flexibility index (Phi) is 6.74. The van der Waals surface area contributed by atoms with Gasteiger partial charge < -0.3 is 15.4 Å². The highest BCUT2D eigenvalue weighted by atomic mass is 35.5. The molecule has 0 unspecified atom stereocenters. The second kappa shape index (κ2) is 9.01. The summed E-state index contributed by atoms with van der Waals surface area (Å²) in [5.41, 5.74) is 1.82. The van der Waals surface area contributed by atoms with Crippen LogP contribution in [0.15, 0.2) is 48.5 Å². The molecule has 1 atom stereocenters. The van der Waals surface area contributed by atoms with Gasteiger partial charge in [0.15, 0.2) is 6.61 Å². The lowest BCUT2D eigenvalue weighted by molar-refractivity contribution is -0.148. The van der Waals surface area contributed by atoms with Gasteiger partial charge in [0.2, 0.25) is 0 Å². The first-order valence-electron chi connectivity index (χ1n) is 7.95. The molecule has 26 heavy (non-hydrogen) atoms. The van der Waals surface area contributed by atoms with E-state index in [4.69, 9.17) is 16.3 Å². The van der Waals surface area contributed by atoms with Crippen LogP contribution in [0.25, 0.3) is 0 Å². The van der Waals surface area contributed by atoms with Crippen LogP contribution in [0.2, 0.25) is 5.02 Å². The fourth-order valence-corrected chi connectivity index (χ4v) is 2.38. The highest BCUT2D eigenvalue weighted by Gasteiger charge is 2.19. The third-order valence-corrected chi connectivity index (χ3v) is 3.79. The minimum Gasteiger partial charge on any atom is -0.454 e. The quantitative estimate of drug-likeness (QED) is 0.761. The van der Waals surface area contributed by atoms with E-state index in [9.17, 15) is 14.4 Å². The minimum atomic E-state index is -0.890. The summed E-state index contributed by atoms with van der Waals surface area (Å²) in [5.74, 6) is -1.63. The number of carbonyl (C=O) groups is 3. The van der Waals surface area contributed by atoms with Gasteiger partial charge in [-0.2, -0.15) is 0 Å². The molecule has 0 aromatic heterocycles. The number of nitrogens with one attached hydrogen (secondary N) is 2. The summed E-state index contributed by atoms with van der Waals surface area (Å²) < 4.78 is 4.93. The van der Waals surface area contributed by atoms with Crippen LogP contribution >= 0.6 is 11.6 Å². The van der Waals surface area contributed by atoms with Gasteiger partial charge in [-0.1, -0.05) is 35.9 Å². The van der Waals surface area contributed by atoms with Crippen molar-refractivity contribution in [2.75, 3.05) is 11.9 Å². The second-order valence-electron chi connectivity index (χ2n) is 5.70. The van der Waals surface area contributed by atoms with E-state index in [2.05, 4.69) is 10.6 Å². The normalized spacial score (nSPS) is 11.3. The predicted molar refractivity (Wildman–Crippen MR) is 99.1 cm³/mol. The second-order valence-corrected chi connectivity index (χ2v) is 6.11. The van der Waals surface area contributed by atoms with Crippen molar-refractivity contribution in [3.63, 3.8) is 0 Å². The van der Waals surface area contributed by atoms with E-state index in [1.807, 2.05) is 6.92 Å². The van der Waals surface area contributed by atoms with Crippen LogP contribution in [0.3, 0.4) is 0 Å². The van der Waals surface area contributed by atoms with Crippen LogP contribution in [0.4, 0.5) is 5.69 Å². The number of hydrogen-bond acceptors (Lipinski definition) is 4. The number of benzene rings is 2. The Bertz CT molecular complexity index is 808. The van der Waals surface area contributed by atoms with E-state index >= 15 is 0 Å². The van der Waals surface area contributed by atoms with Gasteiger partial charge in [0.05, 0.1) is 10.7 Å². The maximum atomic E-state index is 12.0. The first kappa shape index (κ1) is 19.5. The Morgan fingerprint density at radius 3 is 2.46 bits per heavy atom. The van der Waals surface area contributed by atoms with E-state index in [0.717, 1.165) is 5.56 Å². The summed E-state index contributed by atoms with van der Waals surface area (Å²) in [6, 6.07) is 12.8. The summed E-state index contributed by atoms with van der Waals surface area (Å²) >= 11 is 6.03. The Morgan fingerprint density at radius 1 is 1.12 bits per heavy atom. The molecule has 2 amide bonds. The highest BCUT2D eigenvalue weighted by Crippen LogP contribution is 2.22. The molecule has 0 fully saturated rings. The SMILES string of the molecule is Cc1ccc(NC(=O)COC(=O)[C@H](C)NC(=O)c2ccccc2)c(Cl)c1. The van der Waals surface area contributed by atoms with Gasteiger partial charge in [0.25, 0.3) is 11.8 Å². The number of hydrogen-bond donors (Lipinski definition) is 2. The molecule has 2 aromatic rings. The number of carbonyl (C=O) groups excluding carboxylic acids is 3. The number of esters is 1. The van der Waals surface area contributed by atoms with Crippen molar-refractivity contribution in [2.24, 2.45) is 0 Å². The lowest BCUT2D eigenvalue weighted by Gasteiger charge is -2.13. The van der Waals surface area contributed by atoms with E-state index < -0.39 is 30.4 Å². The van der Waals surface area contributed by atoms with Gasteiger partial charge in [-0.15, -0.1) is 0 Å². The third kappa shape index (κ3) is 5.60. The Morgan fingerprint density at radius 2 is 1.81 bits per heavy atom. The van der Waals surface area contributed by atoms with Gasteiger partial charge in [0.1, 0.15) is 6.04 Å². The maximum Gasteiger partial charge on any atom is 0.328 e. The molecule has 0 aliphatic carbocycles. The van der Waals surface area contributed by atoms with Crippen molar-refractivity contribution in [1.29, 1.82) is 0 Å². The molecular formula is C19H19ClN2O4. The molecule has 0 saturated carbocycles. The summed E-state index contributed by atoms with van der Waals surface area (Å²) in [4.78, 5) is 35.8. The van der Waals surface area contributed by atoms with Gasteiger partial charge in [-0.3, -0.25) is 9.59 Å². The van der Waals surface area contributed by atoms with Crippen LogP contribution in [0, 0.1) is 6.92 Å². The van der Waals surface area contributed by atoms with Crippen molar-refractivity contribution in [2.45, 2.75) is 19.9 Å². The molecule has 0 radical (unpaired) electrons. The predicted octanol–water partition coefficient (Wildman–Crippen LogP) is 2.95. The van der Waals surface area contributed by atoms with Crippen molar-refractivity contribution in [3.8, 4) is 0 Å². The molecule has 2 aromatic carbocycles. The third-order valence-electron chi connectivity index (χ3n) is 3.48. The van der Waals surface area contributed by atoms with Crippen LogP contribution < -0.4 is 10.6 Å². The van der Waals surface area contributed by atoms with Crippen LogP contribution in [-0.4, -0.2) is 30.4 Å². The summed E-state index contributed by atoms with van der Waals surface area (Å²) in [6.45, 7) is 2.89.